The number of hydrogen-bond acceptors (Lipinski definition) is 5. The van der Waals surface area contributed by atoms with E-state index in [1.165, 1.54) is 10.6 Å². The summed E-state index contributed by atoms with van der Waals surface area (Å²) >= 11 is 5.31. The van der Waals surface area contributed by atoms with Crippen molar-refractivity contribution in [3.8, 4) is 11.8 Å². The van der Waals surface area contributed by atoms with Gasteiger partial charge in [-0.3, -0.25) is 0 Å². The molecule has 0 saturated heterocycles. The molecule has 0 saturated carbocycles. The summed E-state index contributed by atoms with van der Waals surface area (Å²) < 4.78 is 0. The fraction of sp³-hybridized carbons (Fsp3) is 0.263. The van der Waals surface area contributed by atoms with E-state index in [1.807, 2.05) is 17.8 Å². The van der Waals surface area contributed by atoms with E-state index in [1.54, 1.807) is 22.7 Å². The zero-order valence-corrected chi connectivity index (χ0v) is 16.3. The minimum Gasteiger partial charge on any atom is -0.335 e. The van der Waals surface area contributed by atoms with Gasteiger partial charge < -0.3 is 9.80 Å². The minimum atomic E-state index is 0.0665. The van der Waals surface area contributed by atoms with Crippen LogP contribution in [0, 0.1) is 11.8 Å². The molecule has 1 atom stereocenters. The van der Waals surface area contributed by atoms with Gasteiger partial charge in [-0.05, 0) is 61.6 Å². The van der Waals surface area contributed by atoms with Gasteiger partial charge in [0, 0.05) is 17.9 Å². The van der Waals surface area contributed by atoms with E-state index < -0.39 is 0 Å². The Bertz CT molecular complexity index is 857. The molecule has 5 heteroatoms. The summed E-state index contributed by atoms with van der Waals surface area (Å²) in [6, 6.07) is 8.43. The molecule has 4 heterocycles. The van der Waals surface area contributed by atoms with Crippen LogP contribution in [0.3, 0.4) is 0 Å². The molecule has 1 unspecified atom stereocenters. The van der Waals surface area contributed by atoms with E-state index in [0.29, 0.717) is 5.50 Å². The molecule has 24 heavy (non-hydrogen) atoms. The summed E-state index contributed by atoms with van der Waals surface area (Å²) in [5.74, 6) is 6.54. The molecular weight excluding hydrogens is 352 g/mol. The predicted octanol–water partition coefficient (Wildman–Crippen LogP) is 5.43. The van der Waals surface area contributed by atoms with Crippen LogP contribution in [-0.2, 0) is 0 Å². The Morgan fingerprint density at radius 3 is 2.67 bits per heavy atom. The van der Waals surface area contributed by atoms with Crippen molar-refractivity contribution >= 4 is 40.1 Å². The van der Waals surface area contributed by atoms with Crippen molar-refractivity contribution in [2.24, 2.45) is 0 Å². The number of nitrogens with zero attached hydrogens (tertiary/aromatic N) is 2. The Hall–Kier alpha value is -1.61. The summed E-state index contributed by atoms with van der Waals surface area (Å²) in [6.45, 7) is 6.82. The third-order valence-corrected chi connectivity index (χ3v) is 6.64. The topological polar surface area (TPSA) is 6.48 Å². The molecule has 0 spiro atoms. The van der Waals surface area contributed by atoms with Crippen molar-refractivity contribution in [3.05, 3.63) is 62.1 Å². The van der Waals surface area contributed by atoms with Crippen LogP contribution in [0.4, 0.5) is 0 Å². The Balaban J connectivity index is 1.64. The van der Waals surface area contributed by atoms with Crippen LogP contribution >= 0.6 is 34.4 Å². The second-order valence-corrected chi connectivity index (χ2v) is 9.64. The Kier molecular flexibility index (Phi) is 4.00. The molecule has 4 rings (SSSR count). The summed E-state index contributed by atoms with van der Waals surface area (Å²) in [5, 5.41) is 4.23. The fourth-order valence-corrected chi connectivity index (χ4v) is 5.45. The maximum absolute atomic E-state index is 3.30. The van der Waals surface area contributed by atoms with Crippen molar-refractivity contribution in [2.75, 3.05) is 0 Å². The second kappa shape index (κ2) is 6.03. The first-order valence-electron chi connectivity index (χ1n) is 7.79. The number of thiophene rings is 2. The molecule has 0 bridgehead atoms. The number of hydrogen-bond donors (Lipinski definition) is 0. The average Bonchev–Trinajstić information content (AvgIpc) is 3.26. The molecule has 2 aliphatic heterocycles. The fourth-order valence-electron chi connectivity index (χ4n) is 2.83. The van der Waals surface area contributed by atoms with Gasteiger partial charge in [0.2, 0.25) is 0 Å². The molecule has 0 amide bonds. The zero-order chi connectivity index (χ0) is 16.7. The molecule has 122 valence electrons. The average molecular weight is 371 g/mol. The first-order valence-corrected chi connectivity index (χ1v) is 10.4. The van der Waals surface area contributed by atoms with Gasteiger partial charge in [-0.15, -0.1) is 22.7 Å². The molecule has 2 aromatic rings. The third kappa shape index (κ3) is 2.90. The molecule has 2 nitrogen and oxygen atoms in total. The lowest BCUT2D eigenvalue weighted by atomic mass is 10.1. The summed E-state index contributed by atoms with van der Waals surface area (Å²) in [6.07, 6.45) is 4.42. The van der Waals surface area contributed by atoms with E-state index in [2.05, 4.69) is 83.8 Å². The highest BCUT2D eigenvalue weighted by Crippen LogP contribution is 2.45. The van der Waals surface area contributed by atoms with Gasteiger partial charge in [0.25, 0.3) is 0 Å². The standard InChI is InChI=1S/C19H18N2S3/c1-19(2,3)21-16(13-20-10-12-23-18(20)21)17-9-8-15(24-17)7-6-14-5-4-11-22-14/h4-5,8-13,18H,1-3H3. The van der Waals surface area contributed by atoms with E-state index in [-0.39, 0.29) is 5.54 Å². The summed E-state index contributed by atoms with van der Waals surface area (Å²) in [5.41, 5.74) is 1.69. The molecule has 0 N–H and O–H groups in total. The van der Waals surface area contributed by atoms with Crippen molar-refractivity contribution in [1.29, 1.82) is 0 Å². The predicted molar refractivity (Wildman–Crippen MR) is 107 cm³/mol. The van der Waals surface area contributed by atoms with Gasteiger partial charge in [0.05, 0.1) is 20.3 Å². The van der Waals surface area contributed by atoms with Gasteiger partial charge in [-0.2, -0.15) is 0 Å². The third-order valence-electron chi connectivity index (χ3n) is 3.85. The van der Waals surface area contributed by atoms with E-state index in [0.717, 1.165) is 9.75 Å². The van der Waals surface area contributed by atoms with Gasteiger partial charge in [-0.1, -0.05) is 17.8 Å². The molecule has 0 aromatic carbocycles. The molecule has 2 aliphatic rings. The van der Waals surface area contributed by atoms with Gasteiger partial charge >= 0.3 is 0 Å². The maximum atomic E-state index is 3.30. The Morgan fingerprint density at radius 2 is 1.92 bits per heavy atom. The normalized spacial score (nSPS) is 19.3. The smallest absolute Gasteiger partial charge is 0.158 e. The van der Waals surface area contributed by atoms with Crippen molar-refractivity contribution in [2.45, 2.75) is 31.8 Å². The highest BCUT2D eigenvalue weighted by molar-refractivity contribution is 8.02. The van der Waals surface area contributed by atoms with Crippen LogP contribution in [-0.4, -0.2) is 20.8 Å². The number of fused-ring (bicyclic) bond motifs is 1. The van der Waals surface area contributed by atoms with Gasteiger partial charge in [-0.25, -0.2) is 0 Å². The Morgan fingerprint density at radius 1 is 1.08 bits per heavy atom. The Labute approximate surface area is 155 Å². The van der Waals surface area contributed by atoms with Gasteiger partial charge in [0.15, 0.2) is 5.50 Å². The van der Waals surface area contributed by atoms with Crippen molar-refractivity contribution in [3.63, 3.8) is 0 Å². The maximum Gasteiger partial charge on any atom is 0.158 e. The van der Waals surface area contributed by atoms with Crippen LogP contribution in [0.2, 0.25) is 0 Å². The molecule has 2 aromatic heterocycles. The van der Waals surface area contributed by atoms with Crippen molar-refractivity contribution < 1.29 is 0 Å². The van der Waals surface area contributed by atoms with E-state index in [4.69, 9.17) is 0 Å². The molecule has 0 fully saturated rings. The highest BCUT2D eigenvalue weighted by atomic mass is 32.2. The monoisotopic (exact) mass is 370 g/mol. The molecule has 0 aliphatic carbocycles. The molecular formula is C19H18N2S3. The minimum absolute atomic E-state index is 0.0665. The number of thioether (sulfide) groups is 1. The van der Waals surface area contributed by atoms with Crippen LogP contribution in [0.15, 0.2) is 47.5 Å². The second-order valence-electron chi connectivity index (χ2n) is 6.64. The lowest BCUT2D eigenvalue weighted by Gasteiger charge is -2.39. The summed E-state index contributed by atoms with van der Waals surface area (Å²) in [4.78, 5) is 8.30. The number of rotatable bonds is 1. The largest absolute Gasteiger partial charge is 0.335 e. The first kappa shape index (κ1) is 15.9. The highest BCUT2D eigenvalue weighted by Gasteiger charge is 2.40. The van der Waals surface area contributed by atoms with Gasteiger partial charge in [0.1, 0.15) is 0 Å². The first-order chi connectivity index (χ1) is 11.5. The summed E-state index contributed by atoms with van der Waals surface area (Å²) in [7, 11) is 0. The van der Waals surface area contributed by atoms with Crippen molar-refractivity contribution in [1.82, 2.24) is 9.80 Å². The quantitative estimate of drug-likeness (QED) is 0.618. The molecule has 0 radical (unpaired) electrons. The van der Waals surface area contributed by atoms with Crippen LogP contribution < -0.4 is 0 Å². The lowest BCUT2D eigenvalue weighted by Crippen LogP contribution is -2.45. The van der Waals surface area contributed by atoms with E-state index in [9.17, 15) is 0 Å². The van der Waals surface area contributed by atoms with Crippen LogP contribution in [0.1, 0.15) is 35.4 Å². The lowest BCUT2D eigenvalue weighted by molar-refractivity contribution is 0.173. The zero-order valence-electron chi connectivity index (χ0n) is 13.8. The van der Waals surface area contributed by atoms with E-state index >= 15 is 0 Å². The van der Waals surface area contributed by atoms with Crippen LogP contribution in [0.5, 0.6) is 0 Å². The van der Waals surface area contributed by atoms with Crippen LogP contribution in [0.25, 0.3) is 5.70 Å². The SMILES string of the molecule is CC(C)(C)N1C(c2ccc(C#Cc3cccs3)s2)=CN2C=CSC21.